The highest BCUT2D eigenvalue weighted by Crippen LogP contribution is 2.44. The van der Waals surface area contributed by atoms with Gasteiger partial charge in [-0.15, -0.1) is 21.5 Å². The maximum Gasteiger partial charge on any atom is 0.237 e. The van der Waals surface area contributed by atoms with Crippen LogP contribution in [-0.4, -0.2) is 21.1 Å². The minimum absolute atomic E-state index is 0.0532. The van der Waals surface area contributed by atoms with Crippen molar-refractivity contribution in [3.05, 3.63) is 52.5 Å². The summed E-state index contributed by atoms with van der Waals surface area (Å²) in [5, 5.41) is 14.0. The number of nitrogens with one attached hydrogen (secondary N) is 1. The van der Waals surface area contributed by atoms with E-state index in [0.717, 1.165) is 46.2 Å². The number of carbonyl (C=O) groups is 1. The topological polar surface area (TPSA) is 67.8 Å². The zero-order valence-electron chi connectivity index (χ0n) is 14.1. The number of aromatic nitrogens is 3. The second-order valence-electron chi connectivity index (χ2n) is 6.24. The first-order valence-corrected chi connectivity index (χ1v) is 11.2. The van der Waals surface area contributed by atoms with Crippen molar-refractivity contribution in [3.63, 3.8) is 0 Å². The Balaban J connectivity index is 1.42. The molecule has 0 unspecified atom stereocenters. The number of anilines is 1. The van der Waals surface area contributed by atoms with Crippen LogP contribution in [0.3, 0.4) is 0 Å². The summed E-state index contributed by atoms with van der Waals surface area (Å²) in [5.41, 5.74) is 0.740. The van der Waals surface area contributed by atoms with Crippen LogP contribution in [0.1, 0.15) is 36.1 Å². The molecule has 0 aliphatic heterocycles. The molecule has 1 aliphatic rings. The van der Waals surface area contributed by atoms with E-state index in [9.17, 15) is 4.79 Å². The summed E-state index contributed by atoms with van der Waals surface area (Å²) in [6.45, 7) is 0. The molecule has 3 aromatic rings. The van der Waals surface area contributed by atoms with Crippen LogP contribution < -0.4 is 5.32 Å². The van der Waals surface area contributed by atoms with E-state index in [1.165, 1.54) is 11.3 Å². The highest BCUT2D eigenvalue weighted by Gasteiger charge is 2.43. The lowest BCUT2D eigenvalue weighted by atomic mass is 9.83. The molecule has 0 saturated heterocycles. The van der Waals surface area contributed by atoms with Gasteiger partial charge in [0.1, 0.15) is 0 Å². The van der Waals surface area contributed by atoms with E-state index in [-0.39, 0.29) is 5.91 Å². The molecule has 5 nitrogen and oxygen atoms in total. The molecular formula is C18H18N4OS3. The van der Waals surface area contributed by atoms with E-state index in [4.69, 9.17) is 0 Å². The van der Waals surface area contributed by atoms with Crippen LogP contribution in [0.4, 0.5) is 5.13 Å². The zero-order chi connectivity index (χ0) is 17.8. The van der Waals surface area contributed by atoms with Gasteiger partial charge < -0.3 is 0 Å². The molecule has 0 spiro atoms. The standard InChI is InChI=1S/C18H18N4OS3/c23-15(18(7-1-2-8-18)14-6-4-10-24-14)20-16-21-22-17(26-16)25-12-13-5-3-9-19-11-13/h3-6,9-11H,1-2,7-8,12H2,(H,20,21,23). The average Bonchev–Trinajstić information content (AvgIpc) is 3.42. The van der Waals surface area contributed by atoms with Gasteiger partial charge in [0.2, 0.25) is 11.0 Å². The average molecular weight is 403 g/mol. The molecule has 1 N–H and O–H groups in total. The van der Waals surface area contributed by atoms with Gasteiger partial charge in [-0.25, -0.2) is 0 Å². The van der Waals surface area contributed by atoms with Crippen molar-refractivity contribution >= 4 is 45.5 Å². The van der Waals surface area contributed by atoms with Gasteiger partial charge in [-0.2, -0.15) is 0 Å². The number of thioether (sulfide) groups is 1. The van der Waals surface area contributed by atoms with E-state index in [0.29, 0.717) is 5.13 Å². The number of hydrogen-bond donors (Lipinski definition) is 1. The number of hydrogen-bond acceptors (Lipinski definition) is 7. The van der Waals surface area contributed by atoms with Crippen molar-refractivity contribution < 1.29 is 4.79 Å². The fourth-order valence-electron chi connectivity index (χ4n) is 3.28. The number of carbonyl (C=O) groups excluding carboxylic acids is 1. The Morgan fingerprint density at radius 3 is 2.85 bits per heavy atom. The van der Waals surface area contributed by atoms with Crippen LogP contribution in [0.15, 0.2) is 46.4 Å². The van der Waals surface area contributed by atoms with E-state index in [2.05, 4.69) is 26.6 Å². The molecule has 0 atom stereocenters. The quantitative estimate of drug-likeness (QED) is 0.476. The van der Waals surface area contributed by atoms with Gasteiger partial charge in [0, 0.05) is 23.0 Å². The van der Waals surface area contributed by atoms with Gasteiger partial charge in [0.05, 0.1) is 5.41 Å². The molecule has 1 aliphatic carbocycles. The van der Waals surface area contributed by atoms with Crippen LogP contribution in [-0.2, 0) is 16.0 Å². The number of nitrogens with zero attached hydrogens (tertiary/aromatic N) is 3. The molecule has 0 radical (unpaired) electrons. The Bertz CT molecular complexity index is 858. The Morgan fingerprint density at radius 2 is 2.12 bits per heavy atom. The summed E-state index contributed by atoms with van der Waals surface area (Å²) >= 11 is 4.70. The van der Waals surface area contributed by atoms with Crippen molar-refractivity contribution in [2.24, 2.45) is 0 Å². The van der Waals surface area contributed by atoms with Gasteiger partial charge in [0.25, 0.3) is 0 Å². The summed E-state index contributed by atoms with van der Waals surface area (Å²) in [7, 11) is 0. The van der Waals surface area contributed by atoms with Crippen molar-refractivity contribution in [1.82, 2.24) is 15.2 Å². The van der Waals surface area contributed by atoms with E-state index in [1.807, 2.05) is 29.8 Å². The second kappa shape index (κ2) is 7.85. The number of thiophene rings is 1. The first-order chi connectivity index (χ1) is 12.8. The van der Waals surface area contributed by atoms with Gasteiger partial charge in [-0.05, 0) is 35.9 Å². The highest BCUT2D eigenvalue weighted by molar-refractivity contribution is 8.00. The van der Waals surface area contributed by atoms with Crippen LogP contribution in [0.2, 0.25) is 0 Å². The van der Waals surface area contributed by atoms with Crippen LogP contribution >= 0.6 is 34.4 Å². The maximum absolute atomic E-state index is 13.0. The van der Waals surface area contributed by atoms with E-state index >= 15 is 0 Å². The Morgan fingerprint density at radius 1 is 1.23 bits per heavy atom. The summed E-state index contributed by atoms with van der Waals surface area (Å²) in [4.78, 5) is 18.3. The fraction of sp³-hybridized carbons (Fsp3) is 0.333. The van der Waals surface area contributed by atoms with Gasteiger partial charge in [0.15, 0.2) is 4.34 Å². The van der Waals surface area contributed by atoms with Gasteiger partial charge >= 0.3 is 0 Å². The first-order valence-electron chi connectivity index (χ1n) is 8.47. The largest absolute Gasteiger partial charge is 0.300 e. The summed E-state index contributed by atoms with van der Waals surface area (Å²) < 4.78 is 0.848. The van der Waals surface area contributed by atoms with Crippen LogP contribution in [0.5, 0.6) is 0 Å². The lowest BCUT2D eigenvalue weighted by molar-refractivity contribution is -0.121. The van der Waals surface area contributed by atoms with Crippen molar-refractivity contribution in [2.75, 3.05) is 5.32 Å². The molecule has 4 rings (SSSR count). The predicted octanol–water partition coefficient (Wildman–Crippen LogP) is 4.74. The van der Waals surface area contributed by atoms with E-state index in [1.54, 1.807) is 29.3 Å². The molecular weight excluding hydrogens is 384 g/mol. The van der Waals surface area contributed by atoms with Crippen LogP contribution in [0.25, 0.3) is 0 Å². The van der Waals surface area contributed by atoms with Crippen molar-refractivity contribution in [3.8, 4) is 0 Å². The van der Waals surface area contributed by atoms with Crippen LogP contribution in [0, 0.1) is 0 Å². The smallest absolute Gasteiger partial charge is 0.237 e. The fourth-order valence-corrected chi connectivity index (χ4v) is 5.94. The lowest BCUT2D eigenvalue weighted by Gasteiger charge is -2.25. The molecule has 1 amide bonds. The van der Waals surface area contributed by atoms with Gasteiger partial charge in [-0.1, -0.05) is 48.1 Å². The Kier molecular flexibility index (Phi) is 5.33. The SMILES string of the molecule is O=C(Nc1nnc(SCc2cccnc2)s1)C1(c2cccs2)CCCC1. The molecule has 0 bridgehead atoms. The summed E-state index contributed by atoms with van der Waals surface area (Å²) in [6.07, 6.45) is 7.60. The highest BCUT2D eigenvalue weighted by atomic mass is 32.2. The molecule has 26 heavy (non-hydrogen) atoms. The maximum atomic E-state index is 13.0. The minimum Gasteiger partial charge on any atom is -0.300 e. The third kappa shape index (κ3) is 3.67. The predicted molar refractivity (Wildman–Crippen MR) is 107 cm³/mol. The molecule has 3 aromatic heterocycles. The molecule has 134 valence electrons. The second-order valence-corrected chi connectivity index (χ2v) is 9.39. The molecule has 0 aromatic carbocycles. The van der Waals surface area contributed by atoms with Crippen molar-refractivity contribution in [1.29, 1.82) is 0 Å². The number of pyridine rings is 1. The Labute approximate surface area is 164 Å². The number of amides is 1. The molecule has 1 fully saturated rings. The van der Waals surface area contributed by atoms with Gasteiger partial charge in [-0.3, -0.25) is 15.1 Å². The molecule has 1 saturated carbocycles. The first kappa shape index (κ1) is 17.6. The summed E-state index contributed by atoms with van der Waals surface area (Å²) in [5.74, 6) is 0.840. The molecule has 3 heterocycles. The number of rotatable bonds is 6. The molecule has 8 heteroatoms. The monoisotopic (exact) mass is 402 g/mol. The third-order valence-electron chi connectivity index (χ3n) is 4.60. The zero-order valence-corrected chi connectivity index (χ0v) is 16.5. The Hall–Kier alpha value is -1.77. The third-order valence-corrected chi connectivity index (χ3v) is 7.71. The van der Waals surface area contributed by atoms with E-state index < -0.39 is 5.41 Å². The van der Waals surface area contributed by atoms with Crippen molar-refractivity contribution in [2.45, 2.75) is 41.2 Å². The summed E-state index contributed by atoms with van der Waals surface area (Å²) in [6, 6.07) is 8.05. The lowest BCUT2D eigenvalue weighted by Crippen LogP contribution is -2.37. The normalized spacial score (nSPS) is 15.8. The minimum atomic E-state index is -0.400.